The summed E-state index contributed by atoms with van der Waals surface area (Å²) in [5.41, 5.74) is 3.72. The van der Waals surface area contributed by atoms with Gasteiger partial charge in [0.2, 0.25) is 12.7 Å². The van der Waals surface area contributed by atoms with E-state index in [0.29, 0.717) is 6.42 Å². The van der Waals surface area contributed by atoms with E-state index in [1.165, 1.54) is 24.1 Å². The molecule has 0 atom stereocenters. The summed E-state index contributed by atoms with van der Waals surface area (Å²) in [6, 6.07) is 5.95. The van der Waals surface area contributed by atoms with E-state index < -0.39 is 0 Å². The van der Waals surface area contributed by atoms with Gasteiger partial charge in [-0.3, -0.25) is 9.89 Å². The lowest BCUT2D eigenvalue weighted by molar-refractivity contribution is -0.122. The molecule has 0 unspecified atom stereocenters. The van der Waals surface area contributed by atoms with Crippen LogP contribution >= 0.6 is 0 Å². The molecule has 7 nitrogen and oxygen atoms in total. The Morgan fingerprint density at radius 1 is 1.13 bits per heavy atom. The first-order chi connectivity index (χ1) is 14.7. The second kappa shape index (κ2) is 8.58. The summed E-state index contributed by atoms with van der Waals surface area (Å²) < 4.78 is 16.9. The highest BCUT2D eigenvalue weighted by Gasteiger charge is 2.25. The van der Waals surface area contributed by atoms with Gasteiger partial charge in [0.05, 0.1) is 11.8 Å². The van der Waals surface area contributed by atoms with E-state index in [0.717, 1.165) is 67.9 Å². The molecule has 0 spiro atoms. The topological polar surface area (TPSA) is 85.5 Å². The van der Waals surface area contributed by atoms with Crippen LogP contribution in [0.15, 0.2) is 18.2 Å². The van der Waals surface area contributed by atoms with E-state index in [9.17, 15) is 4.79 Å². The highest BCUT2D eigenvalue weighted by Crippen LogP contribution is 2.36. The Balaban J connectivity index is 1.05. The molecule has 5 rings (SSSR count). The zero-order valence-electron chi connectivity index (χ0n) is 17.2. The van der Waals surface area contributed by atoms with Gasteiger partial charge in [-0.1, -0.05) is 0 Å². The van der Waals surface area contributed by atoms with Crippen molar-refractivity contribution in [1.82, 2.24) is 15.5 Å². The fourth-order valence-electron chi connectivity index (χ4n) is 4.76. The van der Waals surface area contributed by atoms with Gasteiger partial charge in [0, 0.05) is 30.6 Å². The van der Waals surface area contributed by atoms with Crippen molar-refractivity contribution in [3.05, 3.63) is 35.2 Å². The minimum Gasteiger partial charge on any atom is -0.490 e. The molecule has 1 aliphatic heterocycles. The second-order valence-corrected chi connectivity index (χ2v) is 8.51. The first-order valence-corrected chi connectivity index (χ1v) is 11.2. The first kappa shape index (κ1) is 19.3. The highest BCUT2D eigenvalue weighted by molar-refractivity contribution is 5.76. The molecule has 2 aliphatic carbocycles. The summed E-state index contributed by atoms with van der Waals surface area (Å²) in [6.07, 6.45) is 9.80. The van der Waals surface area contributed by atoms with Gasteiger partial charge in [0.1, 0.15) is 5.75 Å². The van der Waals surface area contributed by atoms with E-state index in [4.69, 9.17) is 14.2 Å². The van der Waals surface area contributed by atoms with Crippen molar-refractivity contribution in [2.75, 3.05) is 6.79 Å². The number of hydrogen-bond donors (Lipinski definition) is 2. The number of nitrogens with one attached hydrogen (secondary N) is 2. The predicted octanol–water partition coefficient (Wildman–Crippen LogP) is 3.46. The van der Waals surface area contributed by atoms with Crippen LogP contribution in [0.5, 0.6) is 17.2 Å². The number of amides is 1. The van der Waals surface area contributed by atoms with Gasteiger partial charge in [0.15, 0.2) is 11.5 Å². The number of aromatic amines is 1. The van der Waals surface area contributed by atoms with E-state index in [-0.39, 0.29) is 24.8 Å². The van der Waals surface area contributed by atoms with Crippen LogP contribution in [0, 0.1) is 0 Å². The Hall–Kier alpha value is -2.70. The number of ether oxygens (including phenoxy) is 3. The van der Waals surface area contributed by atoms with Gasteiger partial charge in [-0.05, 0) is 69.1 Å². The van der Waals surface area contributed by atoms with Gasteiger partial charge in [-0.2, -0.15) is 5.10 Å². The van der Waals surface area contributed by atoms with Crippen molar-refractivity contribution in [3.8, 4) is 17.2 Å². The molecule has 7 heteroatoms. The molecule has 160 valence electrons. The van der Waals surface area contributed by atoms with Gasteiger partial charge >= 0.3 is 0 Å². The van der Waals surface area contributed by atoms with Crippen LogP contribution in [-0.4, -0.2) is 35.0 Å². The standard InChI is InChI=1S/C23H29N3O4/c27-23(12-10-20-18-3-1-2-4-19(18)25-26-20)24-15-5-7-16(8-6-15)30-17-9-11-21-22(13-17)29-14-28-21/h9,11,13,15-16H,1-8,10,12,14H2,(H,24,27)(H,25,26). The molecule has 1 amide bonds. The Labute approximate surface area is 176 Å². The van der Waals surface area contributed by atoms with Crippen LogP contribution in [0.3, 0.4) is 0 Å². The van der Waals surface area contributed by atoms with Crippen molar-refractivity contribution in [3.63, 3.8) is 0 Å². The third kappa shape index (κ3) is 4.25. The largest absolute Gasteiger partial charge is 0.490 e. The quantitative estimate of drug-likeness (QED) is 0.760. The third-order valence-electron chi connectivity index (χ3n) is 6.42. The monoisotopic (exact) mass is 411 g/mol. The molecule has 3 aliphatic rings. The maximum Gasteiger partial charge on any atom is 0.231 e. The summed E-state index contributed by atoms with van der Waals surface area (Å²) in [6.45, 7) is 0.270. The van der Waals surface area contributed by atoms with Gasteiger partial charge in [-0.15, -0.1) is 0 Å². The lowest BCUT2D eigenvalue weighted by Gasteiger charge is -2.29. The number of aromatic nitrogens is 2. The maximum atomic E-state index is 12.4. The fraction of sp³-hybridized carbons (Fsp3) is 0.565. The Bertz CT molecular complexity index is 902. The van der Waals surface area contributed by atoms with Crippen LogP contribution in [-0.2, 0) is 24.1 Å². The molecule has 1 saturated carbocycles. The van der Waals surface area contributed by atoms with Crippen molar-refractivity contribution in [2.45, 2.75) is 76.4 Å². The molecule has 0 radical (unpaired) electrons. The number of carbonyl (C=O) groups excluding carboxylic acids is 1. The molecular formula is C23H29N3O4. The number of H-pyrrole nitrogens is 1. The van der Waals surface area contributed by atoms with Crippen LogP contribution in [0.2, 0.25) is 0 Å². The predicted molar refractivity (Wildman–Crippen MR) is 111 cm³/mol. The molecule has 2 aromatic rings. The number of aryl methyl sites for hydroxylation is 2. The van der Waals surface area contributed by atoms with Crippen LogP contribution in [0.1, 0.15) is 61.9 Å². The van der Waals surface area contributed by atoms with Crippen molar-refractivity contribution >= 4 is 5.91 Å². The number of hydrogen-bond acceptors (Lipinski definition) is 5. The highest BCUT2D eigenvalue weighted by atomic mass is 16.7. The van der Waals surface area contributed by atoms with Crippen LogP contribution in [0.25, 0.3) is 0 Å². The number of carbonyl (C=O) groups is 1. The lowest BCUT2D eigenvalue weighted by Crippen LogP contribution is -2.39. The minimum atomic E-state index is 0.127. The summed E-state index contributed by atoms with van der Waals surface area (Å²) >= 11 is 0. The lowest BCUT2D eigenvalue weighted by atomic mass is 9.92. The van der Waals surface area contributed by atoms with E-state index in [1.807, 2.05) is 18.2 Å². The molecule has 30 heavy (non-hydrogen) atoms. The molecular weight excluding hydrogens is 382 g/mol. The number of benzene rings is 1. The molecule has 0 saturated heterocycles. The average Bonchev–Trinajstić information content (AvgIpc) is 3.40. The van der Waals surface area contributed by atoms with Gasteiger partial charge in [0.25, 0.3) is 0 Å². The zero-order valence-corrected chi connectivity index (χ0v) is 17.2. The number of fused-ring (bicyclic) bond motifs is 2. The van der Waals surface area contributed by atoms with Crippen molar-refractivity contribution in [2.24, 2.45) is 0 Å². The summed E-state index contributed by atoms with van der Waals surface area (Å²) in [4.78, 5) is 12.4. The van der Waals surface area contributed by atoms with E-state index in [1.54, 1.807) is 0 Å². The maximum absolute atomic E-state index is 12.4. The molecule has 1 aromatic heterocycles. The number of rotatable bonds is 6. The Morgan fingerprint density at radius 3 is 2.87 bits per heavy atom. The van der Waals surface area contributed by atoms with Gasteiger partial charge < -0.3 is 19.5 Å². The third-order valence-corrected chi connectivity index (χ3v) is 6.42. The first-order valence-electron chi connectivity index (χ1n) is 11.2. The summed E-state index contributed by atoms with van der Waals surface area (Å²) in [7, 11) is 0. The SMILES string of the molecule is O=C(CCc1n[nH]c2c1CCCC2)NC1CCC(Oc2ccc3c(c2)OCO3)CC1. The molecule has 1 fully saturated rings. The molecule has 1 aromatic carbocycles. The average molecular weight is 412 g/mol. The zero-order chi connectivity index (χ0) is 20.3. The van der Waals surface area contributed by atoms with Gasteiger partial charge in [-0.25, -0.2) is 0 Å². The normalized spacial score (nSPS) is 22.4. The second-order valence-electron chi connectivity index (χ2n) is 8.51. The number of nitrogens with zero attached hydrogens (tertiary/aromatic N) is 1. The fourth-order valence-corrected chi connectivity index (χ4v) is 4.76. The Kier molecular flexibility index (Phi) is 5.51. The summed E-state index contributed by atoms with van der Waals surface area (Å²) in [5, 5.41) is 10.8. The molecule has 2 N–H and O–H groups in total. The van der Waals surface area contributed by atoms with Crippen molar-refractivity contribution in [1.29, 1.82) is 0 Å². The summed E-state index contributed by atoms with van der Waals surface area (Å²) in [5.74, 6) is 2.45. The van der Waals surface area contributed by atoms with E-state index >= 15 is 0 Å². The molecule has 0 bridgehead atoms. The van der Waals surface area contributed by atoms with E-state index in [2.05, 4.69) is 15.5 Å². The van der Waals surface area contributed by atoms with Crippen LogP contribution in [0.4, 0.5) is 0 Å². The Morgan fingerprint density at radius 2 is 1.97 bits per heavy atom. The van der Waals surface area contributed by atoms with Crippen molar-refractivity contribution < 1.29 is 19.0 Å². The van der Waals surface area contributed by atoms with Crippen LogP contribution < -0.4 is 19.5 Å². The smallest absolute Gasteiger partial charge is 0.231 e. The minimum absolute atomic E-state index is 0.127. The molecule has 2 heterocycles.